The summed E-state index contributed by atoms with van der Waals surface area (Å²) >= 11 is 0. The van der Waals surface area contributed by atoms with E-state index in [9.17, 15) is 0 Å². The van der Waals surface area contributed by atoms with Crippen LogP contribution in [0.2, 0.25) is 0 Å². The maximum atomic E-state index is 2.45. The molecule has 0 aliphatic heterocycles. The summed E-state index contributed by atoms with van der Waals surface area (Å²) in [6.07, 6.45) is 0. The predicted molar refractivity (Wildman–Crippen MR) is 59.6 cm³/mol. The largest absolute Gasteiger partial charge is 0.0620 e. The minimum absolute atomic E-state index is 0.484. The highest BCUT2D eigenvalue weighted by molar-refractivity contribution is 4.94. The van der Waals surface area contributed by atoms with Crippen molar-refractivity contribution in [3.63, 3.8) is 0 Å². The summed E-state index contributed by atoms with van der Waals surface area (Å²) < 4.78 is 0. The van der Waals surface area contributed by atoms with Crippen LogP contribution in [0.4, 0.5) is 0 Å². The van der Waals surface area contributed by atoms with Gasteiger partial charge in [-0.3, -0.25) is 0 Å². The van der Waals surface area contributed by atoms with E-state index in [1.165, 1.54) is 0 Å². The van der Waals surface area contributed by atoms with Gasteiger partial charge in [-0.2, -0.15) is 0 Å². The molecule has 0 radical (unpaired) electrons. The van der Waals surface area contributed by atoms with Crippen LogP contribution in [0.1, 0.15) is 48.5 Å². The monoisotopic (exact) mass is 182 g/mol. The lowest BCUT2D eigenvalue weighted by Crippen LogP contribution is -2.28. The molecule has 4 unspecified atom stereocenters. The summed E-state index contributed by atoms with van der Waals surface area (Å²) in [5.41, 5.74) is 0.484. The molecule has 0 saturated heterocycles. The van der Waals surface area contributed by atoms with Crippen molar-refractivity contribution in [3.8, 4) is 0 Å². The molecule has 0 aromatic heterocycles. The van der Waals surface area contributed by atoms with Gasteiger partial charge < -0.3 is 0 Å². The van der Waals surface area contributed by atoms with Gasteiger partial charge in [-0.1, -0.05) is 48.5 Å². The molecule has 1 aliphatic rings. The third-order valence-corrected chi connectivity index (χ3v) is 4.62. The van der Waals surface area contributed by atoms with E-state index in [4.69, 9.17) is 0 Å². The average Bonchev–Trinajstić information content (AvgIpc) is 2.14. The zero-order chi connectivity index (χ0) is 10.4. The van der Waals surface area contributed by atoms with Gasteiger partial charge >= 0.3 is 0 Å². The Labute approximate surface area is 84.1 Å². The summed E-state index contributed by atoms with van der Waals surface area (Å²) in [5, 5.41) is 0. The molecule has 0 aromatic rings. The molecule has 0 heteroatoms. The van der Waals surface area contributed by atoms with E-state index in [1.54, 1.807) is 0 Å². The second-order valence-electron chi connectivity index (χ2n) is 6.33. The third-order valence-electron chi connectivity index (χ3n) is 4.62. The molecule has 0 aromatic carbocycles. The maximum Gasteiger partial charge on any atom is -0.0309 e. The Bertz CT molecular complexity index is 161. The Hall–Kier alpha value is 0. The Morgan fingerprint density at radius 3 is 1.08 bits per heavy atom. The molecule has 1 aliphatic carbocycles. The van der Waals surface area contributed by atoms with Crippen molar-refractivity contribution < 1.29 is 0 Å². The predicted octanol–water partition coefficient (Wildman–Crippen LogP) is 4.21. The molecule has 1 saturated carbocycles. The second-order valence-corrected chi connectivity index (χ2v) is 6.33. The minimum Gasteiger partial charge on any atom is -0.0620 e. The zero-order valence-electron chi connectivity index (χ0n) is 10.4. The van der Waals surface area contributed by atoms with Gasteiger partial charge in [0.05, 0.1) is 0 Å². The lowest BCUT2D eigenvalue weighted by Gasteiger charge is -2.34. The SMILES string of the molecule is CC1C(C)C(C)C(C(C)(C)C)C1C. The fourth-order valence-electron chi connectivity index (χ4n) is 3.67. The number of hydrogen-bond acceptors (Lipinski definition) is 0. The average molecular weight is 182 g/mol. The molecular weight excluding hydrogens is 156 g/mol. The van der Waals surface area contributed by atoms with Gasteiger partial charge in [-0.25, -0.2) is 0 Å². The van der Waals surface area contributed by atoms with E-state index in [-0.39, 0.29) is 0 Å². The summed E-state index contributed by atoms with van der Waals surface area (Å²) in [5.74, 6) is 4.49. The first-order valence-electron chi connectivity index (χ1n) is 5.76. The third kappa shape index (κ3) is 1.78. The number of hydrogen-bond donors (Lipinski definition) is 0. The Kier molecular flexibility index (Phi) is 2.81. The summed E-state index contributed by atoms with van der Waals surface area (Å²) in [6.45, 7) is 16.9. The molecule has 0 spiro atoms. The molecule has 1 rings (SSSR count). The van der Waals surface area contributed by atoms with Crippen LogP contribution < -0.4 is 0 Å². The summed E-state index contributed by atoms with van der Waals surface area (Å²) in [4.78, 5) is 0. The fraction of sp³-hybridized carbons (Fsp3) is 1.00. The zero-order valence-corrected chi connectivity index (χ0v) is 10.4. The van der Waals surface area contributed by atoms with Crippen molar-refractivity contribution in [2.75, 3.05) is 0 Å². The van der Waals surface area contributed by atoms with Crippen LogP contribution in [0.3, 0.4) is 0 Å². The molecule has 0 bridgehead atoms. The van der Waals surface area contributed by atoms with Crippen molar-refractivity contribution in [3.05, 3.63) is 0 Å². The maximum absolute atomic E-state index is 2.45. The van der Waals surface area contributed by atoms with Gasteiger partial charge in [-0.15, -0.1) is 0 Å². The van der Waals surface area contributed by atoms with Crippen LogP contribution in [0.15, 0.2) is 0 Å². The minimum atomic E-state index is 0.484. The van der Waals surface area contributed by atoms with Crippen molar-refractivity contribution in [1.29, 1.82) is 0 Å². The van der Waals surface area contributed by atoms with E-state index < -0.39 is 0 Å². The van der Waals surface area contributed by atoms with Gasteiger partial charge in [0, 0.05) is 0 Å². The van der Waals surface area contributed by atoms with Crippen molar-refractivity contribution in [1.82, 2.24) is 0 Å². The van der Waals surface area contributed by atoms with E-state index in [2.05, 4.69) is 48.5 Å². The van der Waals surface area contributed by atoms with Crippen LogP contribution in [0.5, 0.6) is 0 Å². The van der Waals surface area contributed by atoms with Crippen molar-refractivity contribution >= 4 is 0 Å². The molecular formula is C13H26. The van der Waals surface area contributed by atoms with Crippen LogP contribution in [0, 0.1) is 35.0 Å². The standard InChI is InChI=1S/C13H26/c1-8-9(2)11(4)12(10(8)3)13(5,6)7/h8-12H,1-7H3. The molecule has 4 atom stereocenters. The van der Waals surface area contributed by atoms with E-state index >= 15 is 0 Å². The molecule has 1 fully saturated rings. The summed E-state index contributed by atoms with van der Waals surface area (Å²) in [6, 6.07) is 0. The van der Waals surface area contributed by atoms with Gasteiger partial charge in [0.1, 0.15) is 0 Å². The first-order valence-corrected chi connectivity index (χ1v) is 5.76. The lowest BCUT2D eigenvalue weighted by atomic mass is 9.71. The van der Waals surface area contributed by atoms with Crippen LogP contribution in [-0.4, -0.2) is 0 Å². The van der Waals surface area contributed by atoms with Crippen molar-refractivity contribution in [2.45, 2.75) is 48.5 Å². The Morgan fingerprint density at radius 1 is 0.615 bits per heavy atom. The summed E-state index contributed by atoms with van der Waals surface area (Å²) in [7, 11) is 0. The van der Waals surface area contributed by atoms with E-state index in [0.717, 1.165) is 29.6 Å². The highest BCUT2D eigenvalue weighted by Gasteiger charge is 2.46. The smallest absolute Gasteiger partial charge is 0.0309 e. The molecule has 0 N–H and O–H groups in total. The first-order chi connectivity index (χ1) is 5.76. The van der Waals surface area contributed by atoms with E-state index in [1.807, 2.05) is 0 Å². The van der Waals surface area contributed by atoms with Crippen molar-refractivity contribution in [2.24, 2.45) is 35.0 Å². The number of rotatable bonds is 0. The molecule has 78 valence electrons. The second kappa shape index (κ2) is 3.29. The quantitative estimate of drug-likeness (QED) is 0.526. The fourth-order valence-corrected chi connectivity index (χ4v) is 3.67. The first kappa shape index (κ1) is 11.1. The van der Waals surface area contributed by atoms with Crippen LogP contribution in [0.25, 0.3) is 0 Å². The topological polar surface area (TPSA) is 0 Å². The van der Waals surface area contributed by atoms with E-state index in [0.29, 0.717) is 5.41 Å². The highest BCUT2D eigenvalue weighted by Crippen LogP contribution is 2.52. The molecule has 0 amide bonds. The van der Waals surface area contributed by atoms with Gasteiger partial charge in [0.2, 0.25) is 0 Å². The van der Waals surface area contributed by atoms with Gasteiger partial charge in [0.15, 0.2) is 0 Å². The van der Waals surface area contributed by atoms with Crippen LogP contribution in [-0.2, 0) is 0 Å². The molecule has 13 heavy (non-hydrogen) atoms. The van der Waals surface area contributed by atoms with Gasteiger partial charge in [0.25, 0.3) is 0 Å². The Balaban J connectivity index is 2.88. The molecule has 0 heterocycles. The Morgan fingerprint density at radius 2 is 0.923 bits per heavy atom. The normalized spacial score (nSPS) is 46.8. The molecule has 0 nitrogen and oxygen atoms in total. The highest BCUT2D eigenvalue weighted by atomic mass is 14.5. The lowest BCUT2D eigenvalue weighted by molar-refractivity contribution is 0.142. The van der Waals surface area contributed by atoms with Gasteiger partial charge in [-0.05, 0) is 35.0 Å². The van der Waals surface area contributed by atoms with Crippen LogP contribution >= 0.6 is 0 Å².